The van der Waals surface area contributed by atoms with Gasteiger partial charge in [-0.2, -0.15) is 4.99 Å². The molecule has 9 heavy (non-hydrogen) atoms. The molecule has 0 fully saturated rings. The summed E-state index contributed by atoms with van der Waals surface area (Å²) in [5.41, 5.74) is 0. The Labute approximate surface area is 55.0 Å². The number of aliphatic imine (C=N–C) groups is 1. The largest absolute Gasteiger partial charge is 0.476 e. The number of hydrogen-bond donors (Lipinski definition) is 1. The van der Waals surface area contributed by atoms with Crippen molar-refractivity contribution in [3.8, 4) is 0 Å². The molecule has 0 unspecified atom stereocenters. The maximum absolute atomic E-state index is 10.3. The smallest absolute Gasteiger partial charge is 0.361 e. The van der Waals surface area contributed by atoms with Crippen LogP contribution in [-0.2, 0) is 9.59 Å². The minimum Gasteiger partial charge on any atom is -0.476 e. The number of carboxylic acids is 1. The van der Waals surface area contributed by atoms with Crippen LogP contribution in [0.15, 0.2) is 4.99 Å². The predicted molar refractivity (Wildman–Crippen MR) is 32.5 cm³/mol. The first-order valence-electron chi connectivity index (χ1n) is 2.18. The number of hydrogen-bond acceptors (Lipinski definition) is 3. The third-order valence-electron chi connectivity index (χ3n) is 0.742. The molecule has 1 aliphatic heterocycles. The van der Waals surface area contributed by atoms with Crippen molar-refractivity contribution >= 4 is 28.7 Å². The number of aliphatic carboxylic acids is 1. The molecular weight excluding hydrogens is 142 g/mol. The highest BCUT2D eigenvalue weighted by molar-refractivity contribution is 8.16. The van der Waals surface area contributed by atoms with Gasteiger partial charge in [0.05, 0.1) is 5.75 Å². The van der Waals surface area contributed by atoms with Gasteiger partial charge in [-0.25, -0.2) is 4.79 Å². The van der Waals surface area contributed by atoms with Crippen molar-refractivity contribution < 1.29 is 14.7 Å². The molecule has 0 saturated heterocycles. The topological polar surface area (TPSA) is 66.7 Å². The summed E-state index contributed by atoms with van der Waals surface area (Å²) < 4.78 is 0. The van der Waals surface area contributed by atoms with E-state index in [0.717, 1.165) is 11.8 Å². The lowest BCUT2D eigenvalue weighted by molar-refractivity contribution is -0.129. The monoisotopic (exact) mass is 145 g/mol. The molecule has 0 aromatic rings. The average molecular weight is 145 g/mol. The van der Waals surface area contributed by atoms with Crippen molar-refractivity contribution in [2.24, 2.45) is 4.99 Å². The Morgan fingerprint density at radius 2 is 2.44 bits per heavy atom. The quantitative estimate of drug-likeness (QED) is 0.552. The molecule has 0 saturated carbocycles. The van der Waals surface area contributed by atoms with Crippen LogP contribution in [0, 0.1) is 0 Å². The van der Waals surface area contributed by atoms with Gasteiger partial charge in [0.1, 0.15) is 0 Å². The minimum absolute atomic E-state index is 0.0972. The van der Waals surface area contributed by atoms with Crippen molar-refractivity contribution in [1.29, 1.82) is 0 Å². The van der Waals surface area contributed by atoms with Crippen molar-refractivity contribution in [1.82, 2.24) is 0 Å². The van der Waals surface area contributed by atoms with E-state index in [1.54, 1.807) is 0 Å². The van der Waals surface area contributed by atoms with Gasteiger partial charge in [-0.1, -0.05) is 11.8 Å². The maximum atomic E-state index is 10.3. The van der Waals surface area contributed by atoms with Crippen LogP contribution in [0.2, 0.25) is 0 Å². The second-order valence-corrected chi connectivity index (χ2v) is 2.37. The second kappa shape index (κ2) is 2.18. The number of thioether (sulfide) groups is 1. The van der Waals surface area contributed by atoms with Gasteiger partial charge in [-0.3, -0.25) is 4.79 Å². The maximum Gasteiger partial charge on any atom is 0.361 e. The Kier molecular flexibility index (Phi) is 1.52. The Hall–Kier alpha value is -0.840. The standard InChI is InChI=1S/C4H3NO3S/c6-2-1-9-3(5-2)4(7)8/h1H2,(H,7,8). The van der Waals surface area contributed by atoms with E-state index in [4.69, 9.17) is 5.11 Å². The predicted octanol–water partition coefficient (Wildman–Crippen LogP) is -0.257. The summed E-state index contributed by atoms with van der Waals surface area (Å²) in [5, 5.41) is 8.13. The summed E-state index contributed by atoms with van der Waals surface area (Å²) in [4.78, 5) is 23.6. The summed E-state index contributed by atoms with van der Waals surface area (Å²) in [6.07, 6.45) is 0. The highest BCUT2D eigenvalue weighted by Gasteiger charge is 2.19. The summed E-state index contributed by atoms with van der Waals surface area (Å²) in [6.45, 7) is 0. The fourth-order valence-electron chi connectivity index (χ4n) is 0.417. The molecule has 0 aromatic carbocycles. The lowest BCUT2D eigenvalue weighted by Crippen LogP contribution is -2.05. The van der Waals surface area contributed by atoms with Crippen LogP contribution >= 0.6 is 11.8 Å². The number of nitrogens with zero attached hydrogens (tertiary/aromatic N) is 1. The molecule has 48 valence electrons. The Bertz CT molecular complexity index is 198. The van der Waals surface area contributed by atoms with Gasteiger partial charge in [0.15, 0.2) is 5.04 Å². The molecule has 1 amide bonds. The van der Waals surface area contributed by atoms with E-state index < -0.39 is 5.97 Å². The molecule has 1 heterocycles. The summed E-state index contributed by atoms with van der Waals surface area (Å²) >= 11 is 0.959. The summed E-state index contributed by atoms with van der Waals surface area (Å²) in [5.74, 6) is -1.31. The zero-order valence-electron chi connectivity index (χ0n) is 4.33. The van der Waals surface area contributed by atoms with Gasteiger partial charge in [0.2, 0.25) is 0 Å². The first kappa shape index (κ1) is 6.28. The van der Waals surface area contributed by atoms with Gasteiger partial charge >= 0.3 is 5.97 Å². The van der Waals surface area contributed by atoms with Crippen LogP contribution in [0.4, 0.5) is 0 Å². The molecule has 1 rings (SSSR count). The van der Waals surface area contributed by atoms with Crippen LogP contribution in [0.1, 0.15) is 0 Å². The van der Waals surface area contributed by atoms with Crippen molar-refractivity contribution in [2.75, 3.05) is 5.75 Å². The van der Waals surface area contributed by atoms with Crippen molar-refractivity contribution in [3.63, 3.8) is 0 Å². The fourth-order valence-corrected chi connectivity index (χ4v) is 1.03. The fraction of sp³-hybridized carbons (Fsp3) is 0.250. The average Bonchev–Trinajstić information content (AvgIpc) is 2.14. The van der Waals surface area contributed by atoms with Crippen LogP contribution in [-0.4, -0.2) is 27.8 Å². The van der Waals surface area contributed by atoms with Crippen LogP contribution in [0.25, 0.3) is 0 Å². The Morgan fingerprint density at radius 1 is 1.78 bits per heavy atom. The first-order valence-corrected chi connectivity index (χ1v) is 3.16. The Balaban J connectivity index is 2.74. The van der Waals surface area contributed by atoms with Crippen molar-refractivity contribution in [2.45, 2.75) is 0 Å². The number of carboxylic acid groups (broad SMARTS) is 1. The number of rotatable bonds is 1. The molecule has 0 aromatic heterocycles. The number of carbonyl (C=O) groups excluding carboxylic acids is 1. The first-order chi connectivity index (χ1) is 4.20. The molecule has 0 radical (unpaired) electrons. The van der Waals surface area contributed by atoms with E-state index in [2.05, 4.69) is 4.99 Å². The van der Waals surface area contributed by atoms with Gasteiger partial charge in [-0.05, 0) is 0 Å². The molecule has 0 bridgehead atoms. The third kappa shape index (κ3) is 1.29. The van der Waals surface area contributed by atoms with E-state index in [1.807, 2.05) is 0 Å². The van der Waals surface area contributed by atoms with Gasteiger partial charge in [0.25, 0.3) is 5.91 Å². The third-order valence-corrected chi connectivity index (χ3v) is 1.67. The minimum atomic E-state index is -1.12. The molecular formula is C4H3NO3S. The van der Waals surface area contributed by atoms with E-state index in [0.29, 0.717) is 0 Å². The van der Waals surface area contributed by atoms with E-state index in [1.165, 1.54) is 0 Å². The van der Waals surface area contributed by atoms with Crippen LogP contribution in [0.5, 0.6) is 0 Å². The Morgan fingerprint density at radius 3 is 2.67 bits per heavy atom. The molecule has 0 atom stereocenters. The molecule has 1 aliphatic rings. The van der Waals surface area contributed by atoms with E-state index in [-0.39, 0.29) is 16.7 Å². The highest BCUT2D eigenvalue weighted by atomic mass is 32.2. The lowest BCUT2D eigenvalue weighted by atomic mass is 10.7. The summed E-state index contributed by atoms with van der Waals surface area (Å²) in [6, 6.07) is 0. The number of carbonyl (C=O) groups is 2. The second-order valence-electron chi connectivity index (χ2n) is 1.40. The zero-order valence-corrected chi connectivity index (χ0v) is 5.14. The van der Waals surface area contributed by atoms with Crippen LogP contribution in [0.3, 0.4) is 0 Å². The molecule has 4 nitrogen and oxygen atoms in total. The van der Waals surface area contributed by atoms with Gasteiger partial charge < -0.3 is 5.11 Å². The van der Waals surface area contributed by atoms with Crippen LogP contribution < -0.4 is 0 Å². The number of amides is 1. The molecule has 5 heteroatoms. The zero-order chi connectivity index (χ0) is 6.85. The lowest BCUT2D eigenvalue weighted by Gasteiger charge is -1.83. The van der Waals surface area contributed by atoms with Gasteiger partial charge in [0, 0.05) is 0 Å². The molecule has 1 N–H and O–H groups in total. The summed E-state index contributed by atoms with van der Waals surface area (Å²) in [7, 11) is 0. The SMILES string of the molecule is O=C1CSC(C(=O)O)=N1. The molecule has 0 spiro atoms. The van der Waals surface area contributed by atoms with Crippen molar-refractivity contribution in [3.05, 3.63) is 0 Å². The van der Waals surface area contributed by atoms with Gasteiger partial charge in [-0.15, -0.1) is 0 Å². The van der Waals surface area contributed by atoms with E-state index in [9.17, 15) is 9.59 Å². The highest BCUT2D eigenvalue weighted by Crippen LogP contribution is 2.12. The molecule has 0 aliphatic carbocycles. The van der Waals surface area contributed by atoms with E-state index >= 15 is 0 Å². The normalized spacial score (nSPS) is 17.8.